The van der Waals surface area contributed by atoms with E-state index in [1.54, 1.807) is 64.2 Å². The standard InChI is InChI=1S/C29H56Si2/c1-8-9-14-22-19-28(25-17-12-10-15-23(22)25)30(4,5)31(6,7)29-20-27(21(2)3)24-16-11-13-18-26(24)29/h21-29H,8-20H2,1-7H3. The van der Waals surface area contributed by atoms with Gasteiger partial charge in [0.2, 0.25) is 0 Å². The maximum absolute atomic E-state index is 2.94. The third-order valence-electron chi connectivity index (χ3n) is 12.3. The van der Waals surface area contributed by atoms with Gasteiger partial charge in [-0.25, -0.2) is 0 Å². The zero-order valence-electron chi connectivity index (χ0n) is 22.4. The third kappa shape index (κ3) is 4.32. The molecule has 0 aromatic rings. The van der Waals surface area contributed by atoms with Crippen LogP contribution in [0.3, 0.4) is 0 Å². The summed E-state index contributed by atoms with van der Waals surface area (Å²) >= 11 is 0. The maximum atomic E-state index is 2.94. The van der Waals surface area contributed by atoms with E-state index < -0.39 is 15.2 Å². The van der Waals surface area contributed by atoms with E-state index in [2.05, 4.69) is 47.0 Å². The number of rotatable bonds is 7. The quantitative estimate of drug-likeness (QED) is 0.331. The van der Waals surface area contributed by atoms with Crippen molar-refractivity contribution in [2.24, 2.45) is 41.4 Å². The molecule has 31 heavy (non-hydrogen) atoms. The van der Waals surface area contributed by atoms with E-state index in [0.717, 1.165) is 47.0 Å². The van der Waals surface area contributed by atoms with Crippen LogP contribution in [0.25, 0.3) is 0 Å². The van der Waals surface area contributed by atoms with Crippen LogP contribution >= 0.6 is 0 Å². The van der Waals surface area contributed by atoms with Crippen molar-refractivity contribution in [3.63, 3.8) is 0 Å². The first-order valence-electron chi connectivity index (χ1n) is 14.7. The molecule has 4 fully saturated rings. The van der Waals surface area contributed by atoms with Crippen molar-refractivity contribution in [1.29, 1.82) is 0 Å². The lowest BCUT2D eigenvalue weighted by atomic mass is 9.75. The van der Waals surface area contributed by atoms with Crippen molar-refractivity contribution in [2.75, 3.05) is 0 Å². The Morgan fingerprint density at radius 1 is 0.677 bits per heavy atom. The van der Waals surface area contributed by atoms with E-state index in [0.29, 0.717) is 0 Å². The highest BCUT2D eigenvalue weighted by atomic mass is 29.3. The zero-order valence-corrected chi connectivity index (χ0v) is 24.4. The molecule has 0 spiro atoms. The van der Waals surface area contributed by atoms with Crippen molar-refractivity contribution < 1.29 is 0 Å². The maximum Gasteiger partial charge on any atom is 0.0449 e. The summed E-state index contributed by atoms with van der Waals surface area (Å²) in [7, 11) is -2.51. The van der Waals surface area contributed by atoms with Gasteiger partial charge >= 0.3 is 0 Å². The average molecular weight is 461 g/mol. The minimum absolute atomic E-state index is 0.915. The first kappa shape index (κ1) is 24.6. The van der Waals surface area contributed by atoms with Gasteiger partial charge in [0, 0.05) is 15.2 Å². The molecule has 8 unspecified atom stereocenters. The number of unbranched alkanes of at least 4 members (excludes halogenated alkanes) is 1. The van der Waals surface area contributed by atoms with Crippen LogP contribution in [0.5, 0.6) is 0 Å². The summed E-state index contributed by atoms with van der Waals surface area (Å²) < 4.78 is 0. The molecule has 0 aromatic heterocycles. The normalized spacial score (nSPS) is 41.4. The highest BCUT2D eigenvalue weighted by molar-refractivity contribution is 7.41. The molecule has 2 heteroatoms. The lowest BCUT2D eigenvalue weighted by molar-refractivity contribution is 0.193. The Morgan fingerprint density at radius 3 is 1.71 bits per heavy atom. The average Bonchev–Trinajstić information content (AvgIpc) is 3.32. The van der Waals surface area contributed by atoms with Gasteiger partial charge in [-0.05, 0) is 78.2 Å². The summed E-state index contributed by atoms with van der Waals surface area (Å²) in [6.45, 7) is 19.3. The molecule has 0 aromatic carbocycles. The number of fused-ring (bicyclic) bond motifs is 2. The smallest absolute Gasteiger partial charge is 0.0449 e. The van der Waals surface area contributed by atoms with Crippen LogP contribution in [0, 0.1) is 41.4 Å². The topological polar surface area (TPSA) is 0 Å². The summed E-state index contributed by atoms with van der Waals surface area (Å²) in [6.07, 6.45) is 20.3. The number of hydrogen-bond acceptors (Lipinski definition) is 0. The Kier molecular flexibility index (Phi) is 7.60. The van der Waals surface area contributed by atoms with Gasteiger partial charge in [0.1, 0.15) is 0 Å². The summed E-state index contributed by atoms with van der Waals surface area (Å²) in [5.41, 5.74) is 2.32. The predicted octanol–water partition coefficient (Wildman–Crippen LogP) is 9.72. The lowest BCUT2D eigenvalue weighted by Crippen LogP contribution is -2.62. The van der Waals surface area contributed by atoms with Gasteiger partial charge in [-0.3, -0.25) is 0 Å². The van der Waals surface area contributed by atoms with Crippen LogP contribution in [-0.4, -0.2) is 15.2 Å². The zero-order chi connectivity index (χ0) is 22.4. The molecule has 0 radical (unpaired) electrons. The monoisotopic (exact) mass is 460 g/mol. The molecule has 4 aliphatic rings. The first-order valence-corrected chi connectivity index (χ1v) is 21.9. The van der Waals surface area contributed by atoms with Gasteiger partial charge < -0.3 is 0 Å². The fourth-order valence-electron chi connectivity index (χ4n) is 9.99. The van der Waals surface area contributed by atoms with Crippen molar-refractivity contribution in [1.82, 2.24) is 0 Å². The summed E-state index contributed by atoms with van der Waals surface area (Å²) in [6, 6.07) is 0. The fourth-order valence-corrected chi connectivity index (χ4v) is 24.3. The van der Waals surface area contributed by atoms with Gasteiger partial charge in [0.15, 0.2) is 0 Å². The van der Waals surface area contributed by atoms with Crippen molar-refractivity contribution >= 4 is 15.2 Å². The van der Waals surface area contributed by atoms with E-state index >= 15 is 0 Å². The molecule has 0 nitrogen and oxygen atoms in total. The van der Waals surface area contributed by atoms with E-state index in [1.165, 1.54) is 24.8 Å². The Labute approximate surface area is 197 Å². The molecule has 4 aliphatic carbocycles. The second-order valence-electron chi connectivity index (χ2n) is 14.2. The molecule has 4 rings (SSSR count). The molecular formula is C29H56Si2. The fraction of sp³-hybridized carbons (Fsp3) is 1.00. The number of hydrogen-bond donors (Lipinski definition) is 0. The lowest BCUT2D eigenvalue weighted by Gasteiger charge is -2.51. The van der Waals surface area contributed by atoms with Gasteiger partial charge in [-0.2, -0.15) is 0 Å². The second kappa shape index (κ2) is 9.59. The van der Waals surface area contributed by atoms with Crippen LogP contribution in [0.2, 0.25) is 37.3 Å². The van der Waals surface area contributed by atoms with Crippen LogP contribution in [0.4, 0.5) is 0 Å². The van der Waals surface area contributed by atoms with Crippen LogP contribution in [0.1, 0.15) is 104 Å². The summed E-state index contributed by atoms with van der Waals surface area (Å²) in [4.78, 5) is 0. The highest BCUT2D eigenvalue weighted by Crippen LogP contribution is 2.63. The van der Waals surface area contributed by atoms with Crippen LogP contribution < -0.4 is 0 Å². The summed E-state index contributed by atoms with van der Waals surface area (Å²) in [5.74, 6) is 7.53. The van der Waals surface area contributed by atoms with Gasteiger partial charge in [0.05, 0.1) is 0 Å². The van der Waals surface area contributed by atoms with E-state index in [-0.39, 0.29) is 0 Å². The largest absolute Gasteiger partial charge is 0.0711 e. The summed E-state index contributed by atoms with van der Waals surface area (Å²) in [5, 5.41) is 0. The molecular weight excluding hydrogens is 404 g/mol. The Morgan fingerprint density at radius 2 is 1.16 bits per heavy atom. The molecule has 0 heterocycles. The molecule has 0 N–H and O–H groups in total. The van der Waals surface area contributed by atoms with Crippen LogP contribution in [0.15, 0.2) is 0 Å². The molecule has 4 saturated carbocycles. The third-order valence-corrected chi connectivity index (χ3v) is 32.9. The predicted molar refractivity (Wildman–Crippen MR) is 144 cm³/mol. The van der Waals surface area contributed by atoms with Gasteiger partial charge in [-0.15, -0.1) is 0 Å². The van der Waals surface area contributed by atoms with Gasteiger partial charge in [-0.1, -0.05) is 105 Å². The van der Waals surface area contributed by atoms with Crippen molar-refractivity contribution in [3.8, 4) is 0 Å². The van der Waals surface area contributed by atoms with E-state index in [9.17, 15) is 0 Å². The van der Waals surface area contributed by atoms with E-state index in [1.807, 2.05) is 0 Å². The van der Waals surface area contributed by atoms with Gasteiger partial charge in [0.25, 0.3) is 0 Å². The minimum atomic E-state index is -1.26. The molecule has 8 atom stereocenters. The SMILES string of the molecule is CCCCC1CC([Si](C)(C)[Si](C)(C)C2CC(C(C)C)C3CCCCC32)C2CCCCC12. The Hall–Kier alpha value is 0.434. The van der Waals surface area contributed by atoms with Crippen molar-refractivity contribution in [3.05, 3.63) is 0 Å². The molecule has 0 aliphatic heterocycles. The molecule has 0 saturated heterocycles. The van der Waals surface area contributed by atoms with Crippen molar-refractivity contribution in [2.45, 2.75) is 142 Å². The Balaban J connectivity index is 1.59. The molecule has 180 valence electrons. The first-order chi connectivity index (χ1) is 14.7. The Bertz CT molecular complexity index is 594. The second-order valence-corrected chi connectivity index (χ2v) is 30.3. The molecule has 0 amide bonds. The molecule has 0 bridgehead atoms. The minimum Gasteiger partial charge on any atom is -0.0711 e. The highest BCUT2D eigenvalue weighted by Gasteiger charge is 2.60. The van der Waals surface area contributed by atoms with Crippen LogP contribution in [-0.2, 0) is 0 Å². The van der Waals surface area contributed by atoms with E-state index in [4.69, 9.17) is 0 Å².